The summed E-state index contributed by atoms with van der Waals surface area (Å²) in [6, 6.07) is 9.08. The molecule has 1 fully saturated rings. The number of halogens is 1. The highest BCUT2D eigenvalue weighted by Crippen LogP contribution is 2.17. The monoisotopic (exact) mass is 316 g/mol. The van der Waals surface area contributed by atoms with Gasteiger partial charge in [-0.1, -0.05) is 18.6 Å². The number of piperidine rings is 1. The van der Waals surface area contributed by atoms with Gasteiger partial charge in [0.1, 0.15) is 0 Å². The molecular weight excluding hydrogens is 299 g/mol. The predicted octanol–water partition coefficient (Wildman–Crippen LogP) is 2.85. The van der Waals surface area contributed by atoms with Crippen LogP contribution in [0.25, 0.3) is 0 Å². The van der Waals surface area contributed by atoms with Crippen molar-refractivity contribution in [1.82, 2.24) is 5.32 Å². The summed E-state index contributed by atoms with van der Waals surface area (Å²) in [5, 5.41) is 7.06. The lowest BCUT2D eigenvalue weighted by Crippen LogP contribution is -2.39. The molecule has 3 heteroatoms. The van der Waals surface area contributed by atoms with Gasteiger partial charge < -0.3 is 10.6 Å². The normalized spacial score (nSPS) is 21.3. The van der Waals surface area contributed by atoms with Crippen LogP contribution in [0.15, 0.2) is 24.3 Å². The van der Waals surface area contributed by atoms with Crippen LogP contribution in [0.3, 0.4) is 0 Å². The van der Waals surface area contributed by atoms with Gasteiger partial charge in [-0.2, -0.15) is 0 Å². The quantitative estimate of drug-likeness (QED) is 0.838. The van der Waals surface area contributed by atoms with Crippen molar-refractivity contribution < 1.29 is 0 Å². The molecule has 1 aliphatic rings. The van der Waals surface area contributed by atoms with Gasteiger partial charge >= 0.3 is 0 Å². The maximum Gasteiger partial charge on any atom is 0.0476 e. The Bertz CT molecular complexity index is 308. The molecule has 0 aliphatic carbocycles. The number of hydrogen-bond donors (Lipinski definition) is 2. The van der Waals surface area contributed by atoms with Crippen molar-refractivity contribution in [1.29, 1.82) is 0 Å². The summed E-state index contributed by atoms with van der Waals surface area (Å²) in [5.74, 6) is 0. The summed E-state index contributed by atoms with van der Waals surface area (Å²) in [6.45, 7) is 2.22. The van der Waals surface area contributed by atoms with E-state index in [9.17, 15) is 0 Å². The Morgan fingerprint density at radius 3 is 2.93 bits per heavy atom. The smallest absolute Gasteiger partial charge is 0.0476 e. The minimum absolute atomic E-state index is 0.648. The van der Waals surface area contributed by atoms with Gasteiger partial charge in [0, 0.05) is 21.8 Å². The van der Waals surface area contributed by atoms with E-state index in [0.717, 1.165) is 6.54 Å². The number of hydrogen-bond acceptors (Lipinski definition) is 2. The third kappa shape index (κ3) is 3.34. The summed E-state index contributed by atoms with van der Waals surface area (Å²) >= 11 is 2.37. The Kier molecular flexibility index (Phi) is 4.26. The molecule has 1 aromatic rings. The van der Waals surface area contributed by atoms with Gasteiger partial charge in [-0.05, 0) is 54.1 Å². The lowest BCUT2D eigenvalue weighted by atomic mass is 10.1. The highest BCUT2D eigenvalue weighted by atomic mass is 127. The van der Waals surface area contributed by atoms with Gasteiger partial charge in [-0.15, -0.1) is 0 Å². The maximum atomic E-state index is 3.54. The van der Waals surface area contributed by atoms with Crippen molar-refractivity contribution >= 4 is 28.3 Å². The van der Waals surface area contributed by atoms with E-state index < -0.39 is 0 Å². The second kappa shape index (κ2) is 5.70. The van der Waals surface area contributed by atoms with E-state index in [1.165, 1.54) is 35.1 Å². The zero-order valence-corrected chi connectivity index (χ0v) is 11.0. The van der Waals surface area contributed by atoms with Crippen molar-refractivity contribution in [3.05, 3.63) is 27.8 Å². The van der Waals surface area contributed by atoms with Crippen LogP contribution in [-0.4, -0.2) is 19.1 Å². The molecule has 1 saturated heterocycles. The minimum Gasteiger partial charge on any atom is -0.383 e. The molecule has 1 aliphatic heterocycles. The van der Waals surface area contributed by atoms with Crippen LogP contribution in [0.1, 0.15) is 19.3 Å². The first-order valence-electron chi connectivity index (χ1n) is 5.58. The van der Waals surface area contributed by atoms with E-state index in [0.29, 0.717) is 6.04 Å². The fourth-order valence-electron chi connectivity index (χ4n) is 1.94. The number of anilines is 1. The number of benzene rings is 1. The molecule has 2 nitrogen and oxygen atoms in total. The van der Waals surface area contributed by atoms with Crippen LogP contribution in [0.4, 0.5) is 5.69 Å². The summed E-state index contributed by atoms with van der Waals surface area (Å²) in [5.41, 5.74) is 1.26. The molecule has 1 unspecified atom stereocenters. The molecule has 0 amide bonds. The molecule has 1 heterocycles. The summed E-state index contributed by atoms with van der Waals surface area (Å²) in [4.78, 5) is 0. The first-order valence-corrected chi connectivity index (χ1v) is 6.66. The van der Waals surface area contributed by atoms with Crippen molar-refractivity contribution in [3.8, 4) is 0 Å². The van der Waals surface area contributed by atoms with Crippen molar-refractivity contribution in [2.45, 2.75) is 25.3 Å². The summed E-state index contributed by atoms with van der Waals surface area (Å²) in [6.07, 6.45) is 4.00. The molecule has 0 bridgehead atoms. The molecule has 82 valence electrons. The van der Waals surface area contributed by atoms with Crippen LogP contribution < -0.4 is 10.6 Å². The Labute approximate surface area is 105 Å². The summed E-state index contributed by atoms with van der Waals surface area (Å²) < 4.78 is 1.30. The van der Waals surface area contributed by atoms with Gasteiger partial charge in [0.05, 0.1) is 0 Å². The van der Waals surface area contributed by atoms with Gasteiger partial charge in [0.2, 0.25) is 0 Å². The Balaban J connectivity index is 1.84. The average molecular weight is 316 g/mol. The fourth-order valence-corrected chi connectivity index (χ4v) is 2.51. The minimum atomic E-state index is 0.648. The predicted molar refractivity (Wildman–Crippen MR) is 73.3 cm³/mol. The second-order valence-corrected chi connectivity index (χ2v) is 5.17. The molecule has 15 heavy (non-hydrogen) atoms. The molecule has 0 spiro atoms. The van der Waals surface area contributed by atoms with E-state index in [1.807, 2.05) is 0 Å². The van der Waals surface area contributed by atoms with Crippen LogP contribution in [0, 0.1) is 3.57 Å². The third-order valence-corrected chi connectivity index (χ3v) is 3.77. The first-order chi connectivity index (χ1) is 7.36. The van der Waals surface area contributed by atoms with Crippen molar-refractivity contribution in [3.63, 3.8) is 0 Å². The topological polar surface area (TPSA) is 24.1 Å². The second-order valence-electron chi connectivity index (χ2n) is 4.01. The van der Waals surface area contributed by atoms with E-state index in [1.54, 1.807) is 0 Å². The van der Waals surface area contributed by atoms with Gasteiger partial charge in [-0.25, -0.2) is 0 Å². The van der Waals surface area contributed by atoms with Crippen LogP contribution in [-0.2, 0) is 0 Å². The highest BCUT2D eigenvalue weighted by Gasteiger charge is 2.11. The standard InChI is InChI=1S/C12H17IN2/c13-11-6-1-2-7-12(11)15-9-10-5-3-4-8-14-10/h1-2,6-7,10,14-15H,3-5,8-9H2. The van der Waals surface area contributed by atoms with Gasteiger partial charge in [0.25, 0.3) is 0 Å². The lowest BCUT2D eigenvalue weighted by molar-refractivity contribution is 0.414. The molecule has 2 rings (SSSR count). The van der Waals surface area contributed by atoms with Crippen LogP contribution in [0.5, 0.6) is 0 Å². The van der Waals surface area contributed by atoms with Crippen molar-refractivity contribution in [2.24, 2.45) is 0 Å². The molecule has 1 atom stereocenters. The molecule has 2 N–H and O–H groups in total. The van der Waals surface area contributed by atoms with E-state index >= 15 is 0 Å². The molecule has 0 saturated carbocycles. The van der Waals surface area contributed by atoms with E-state index in [4.69, 9.17) is 0 Å². The van der Waals surface area contributed by atoms with Crippen LogP contribution in [0.2, 0.25) is 0 Å². The largest absolute Gasteiger partial charge is 0.383 e. The molecule has 1 aromatic carbocycles. The fraction of sp³-hybridized carbons (Fsp3) is 0.500. The Hall–Kier alpha value is -0.290. The van der Waals surface area contributed by atoms with E-state index in [2.05, 4.69) is 57.5 Å². The van der Waals surface area contributed by atoms with E-state index in [-0.39, 0.29) is 0 Å². The van der Waals surface area contributed by atoms with Crippen molar-refractivity contribution in [2.75, 3.05) is 18.4 Å². The average Bonchev–Trinajstić information content (AvgIpc) is 2.29. The third-order valence-electron chi connectivity index (χ3n) is 2.83. The lowest BCUT2D eigenvalue weighted by Gasteiger charge is -2.24. The van der Waals surface area contributed by atoms with Gasteiger partial charge in [-0.3, -0.25) is 0 Å². The number of para-hydroxylation sites is 1. The maximum absolute atomic E-state index is 3.54. The highest BCUT2D eigenvalue weighted by molar-refractivity contribution is 14.1. The summed E-state index contributed by atoms with van der Waals surface area (Å²) in [7, 11) is 0. The zero-order valence-electron chi connectivity index (χ0n) is 8.80. The Morgan fingerprint density at radius 1 is 1.33 bits per heavy atom. The first kappa shape index (κ1) is 11.2. The van der Waals surface area contributed by atoms with Crippen LogP contribution >= 0.6 is 22.6 Å². The number of rotatable bonds is 3. The van der Waals surface area contributed by atoms with Gasteiger partial charge in [0.15, 0.2) is 0 Å². The Morgan fingerprint density at radius 2 is 2.20 bits per heavy atom. The molecule has 0 aromatic heterocycles. The molecular formula is C12H17IN2. The SMILES string of the molecule is Ic1ccccc1NCC1CCCCN1. The molecule has 0 radical (unpaired) electrons. The zero-order chi connectivity index (χ0) is 10.5. The number of nitrogens with one attached hydrogen (secondary N) is 2.